The highest BCUT2D eigenvalue weighted by Crippen LogP contribution is 2.36. The number of hydroxylamine groups is 4. The molecule has 0 spiro atoms. The highest BCUT2D eigenvalue weighted by molar-refractivity contribution is 7.10. The maximum absolute atomic E-state index is 12.8. The molecule has 3 heterocycles. The minimum atomic E-state index is -0.808. The van der Waals surface area contributed by atoms with E-state index >= 15 is 0 Å². The number of benzene rings is 2. The Morgan fingerprint density at radius 2 is 1.02 bits per heavy atom. The van der Waals surface area contributed by atoms with Gasteiger partial charge in [0.2, 0.25) is 0 Å². The van der Waals surface area contributed by atoms with Gasteiger partial charge in [0.1, 0.15) is 12.1 Å². The minimum absolute atomic E-state index is 0.00209. The van der Waals surface area contributed by atoms with Crippen molar-refractivity contribution in [2.45, 2.75) is 79.9 Å². The first-order valence-electron chi connectivity index (χ1n) is 17.8. The van der Waals surface area contributed by atoms with E-state index in [-0.39, 0.29) is 12.8 Å². The average Bonchev–Trinajstić information content (AvgIpc) is 3.94. The number of rotatable bonds is 13. The lowest BCUT2D eigenvalue weighted by Crippen LogP contribution is -2.35. The maximum atomic E-state index is 12.8. The fourth-order valence-electron chi connectivity index (χ4n) is 6.36. The number of hydrogen-bond acceptors (Lipinski definition) is 14. The first kappa shape index (κ1) is 42.0. The molecule has 5 rings (SSSR count). The molecular formula is C40H41N5O10S2. The molecule has 0 aliphatic rings. The van der Waals surface area contributed by atoms with Crippen molar-refractivity contribution in [2.24, 2.45) is 10.3 Å². The van der Waals surface area contributed by atoms with E-state index in [1.54, 1.807) is 24.3 Å². The van der Waals surface area contributed by atoms with Crippen molar-refractivity contribution in [1.29, 1.82) is 0 Å². The second-order valence-electron chi connectivity index (χ2n) is 12.8. The molecule has 0 fully saturated rings. The van der Waals surface area contributed by atoms with E-state index in [4.69, 9.17) is 19.4 Å². The van der Waals surface area contributed by atoms with Gasteiger partial charge in [0, 0.05) is 104 Å². The van der Waals surface area contributed by atoms with Gasteiger partial charge in [0.05, 0.1) is 11.4 Å². The summed E-state index contributed by atoms with van der Waals surface area (Å²) in [6.45, 7) is 10.0. The summed E-state index contributed by atoms with van der Waals surface area (Å²) in [7, 11) is 0. The zero-order valence-corrected chi connectivity index (χ0v) is 34.0. The Labute approximate surface area is 335 Å². The van der Waals surface area contributed by atoms with Crippen molar-refractivity contribution in [3.63, 3.8) is 0 Å². The normalized spacial score (nSPS) is 12.8. The number of hydrogen-bond donors (Lipinski definition) is 0. The van der Waals surface area contributed by atoms with Crippen molar-refractivity contribution in [2.75, 3.05) is 0 Å². The number of amides is 2. The minimum Gasteiger partial charge on any atom is -0.341 e. The Kier molecular flexibility index (Phi) is 13.7. The molecule has 17 heteroatoms. The van der Waals surface area contributed by atoms with Gasteiger partial charge in [-0.1, -0.05) is 34.6 Å². The van der Waals surface area contributed by atoms with Crippen LogP contribution in [0.1, 0.15) is 94.3 Å². The summed E-state index contributed by atoms with van der Waals surface area (Å²) >= 11 is 2.71. The topological polar surface area (TPSA) is 175 Å². The van der Waals surface area contributed by atoms with Crippen LogP contribution in [0.15, 0.2) is 81.7 Å². The van der Waals surface area contributed by atoms with E-state index in [1.807, 2.05) is 54.1 Å². The molecule has 0 bridgehead atoms. The molecular weight excluding hydrogens is 775 g/mol. The number of aromatic nitrogens is 1. The zero-order valence-electron chi connectivity index (χ0n) is 32.3. The maximum Gasteiger partial charge on any atom is 0.331 e. The predicted molar refractivity (Wildman–Crippen MR) is 214 cm³/mol. The van der Waals surface area contributed by atoms with Crippen LogP contribution in [0.2, 0.25) is 0 Å². The molecule has 2 aromatic carbocycles. The third-order valence-corrected chi connectivity index (χ3v) is 10.5. The molecule has 0 aliphatic heterocycles. The molecule has 0 N–H and O–H groups in total. The van der Waals surface area contributed by atoms with Crippen LogP contribution in [0.5, 0.6) is 0 Å². The molecule has 5 aromatic rings. The highest BCUT2D eigenvalue weighted by Gasteiger charge is 2.31. The summed E-state index contributed by atoms with van der Waals surface area (Å²) in [5, 5.41) is 15.7. The lowest BCUT2D eigenvalue weighted by atomic mass is 9.97. The molecule has 0 aliphatic carbocycles. The summed E-state index contributed by atoms with van der Waals surface area (Å²) in [4.78, 5) is 96.4. The van der Waals surface area contributed by atoms with Gasteiger partial charge in [0.15, 0.2) is 0 Å². The molecule has 0 saturated carbocycles. The van der Waals surface area contributed by atoms with E-state index in [2.05, 4.69) is 14.9 Å². The molecule has 2 atom stereocenters. The van der Waals surface area contributed by atoms with Gasteiger partial charge in [-0.15, -0.1) is 22.7 Å². The predicted octanol–water partition coefficient (Wildman–Crippen LogP) is 7.39. The SMILES string of the molecule is CCn1c2ccc(C(CC(c3cccs3)N(OC(C)=O)C(C)=O)=NOC(C)=O)cc2c2cc(C(CC(c3cccs3)N(OC(C)=O)C(C)=O)=NOC(C)=O)ccc21. The second-order valence-corrected chi connectivity index (χ2v) is 14.7. The van der Waals surface area contributed by atoms with Gasteiger partial charge in [0.25, 0.3) is 11.8 Å². The molecule has 15 nitrogen and oxygen atoms in total. The van der Waals surface area contributed by atoms with Crippen LogP contribution in [0, 0.1) is 0 Å². The zero-order chi connectivity index (χ0) is 41.4. The first-order valence-corrected chi connectivity index (χ1v) is 19.5. The van der Waals surface area contributed by atoms with Crippen LogP contribution in [-0.4, -0.2) is 61.8 Å². The van der Waals surface area contributed by atoms with Gasteiger partial charge >= 0.3 is 23.9 Å². The van der Waals surface area contributed by atoms with E-state index in [0.717, 1.165) is 31.9 Å². The smallest absolute Gasteiger partial charge is 0.331 e. The Hall–Kier alpha value is -6.20. The third kappa shape index (κ3) is 10.2. The quantitative estimate of drug-likeness (QED) is 0.0662. The van der Waals surface area contributed by atoms with Gasteiger partial charge in [-0.2, -0.15) is 10.1 Å². The molecule has 298 valence electrons. The van der Waals surface area contributed by atoms with Crippen molar-refractivity contribution < 1.29 is 48.1 Å². The largest absolute Gasteiger partial charge is 0.341 e. The first-order chi connectivity index (χ1) is 27.2. The van der Waals surface area contributed by atoms with Crippen LogP contribution in [0.25, 0.3) is 21.8 Å². The lowest BCUT2D eigenvalue weighted by molar-refractivity contribution is -0.204. The molecule has 3 aromatic heterocycles. The average molecular weight is 816 g/mol. The van der Waals surface area contributed by atoms with E-state index in [0.29, 0.717) is 38.8 Å². The van der Waals surface area contributed by atoms with Crippen molar-refractivity contribution in [3.05, 3.63) is 92.3 Å². The van der Waals surface area contributed by atoms with Crippen LogP contribution < -0.4 is 0 Å². The van der Waals surface area contributed by atoms with E-state index < -0.39 is 47.8 Å². The van der Waals surface area contributed by atoms with Crippen LogP contribution in [0.4, 0.5) is 0 Å². The summed E-state index contributed by atoms with van der Waals surface area (Å²) in [6.07, 6.45) is 0.00419. The lowest BCUT2D eigenvalue weighted by Gasteiger charge is -2.28. The number of carbonyl (C=O) groups is 6. The number of aryl methyl sites for hydroxylation is 1. The monoisotopic (exact) mass is 815 g/mol. The molecule has 2 unspecified atom stereocenters. The summed E-state index contributed by atoms with van der Waals surface area (Å²) < 4.78 is 2.11. The van der Waals surface area contributed by atoms with Crippen molar-refractivity contribution in [3.8, 4) is 0 Å². The van der Waals surface area contributed by atoms with E-state index in [1.165, 1.54) is 64.2 Å². The van der Waals surface area contributed by atoms with Gasteiger partial charge in [-0.3, -0.25) is 19.2 Å². The van der Waals surface area contributed by atoms with Crippen LogP contribution >= 0.6 is 22.7 Å². The summed E-state index contributed by atoms with van der Waals surface area (Å²) in [5.74, 6) is -3.72. The Bertz CT molecular complexity index is 2200. The number of thiophene rings is 2. The van der Waals surface area contributed by atoms with Crippen LogP contribution in [-0.2, 0) is 54.7 Å². The fourth-order valence-corrected chi connectivity index (χ4v) is 7.97. The van der Waals surface area contributed by atoms with E-state index in [9.17, 15) is 28.8 Å². The van der Waals surface area contributed by atoms with Crippen molar-refractivity contribution >= 4 is 91.6 Å². The Morgan fingerprint density at radius 3 is 1.32 bits per heavy atom. The Morgan fingerprint density at radius 1 is 0.614 bits per heavy atom. The number of nitrogens with zero attached hydrogens (tertiary/aromatic N) is 5. The molecule has 2 amide bonds. The number of carbonyl (C=O) groups excluding carboxylic acids is 6. The van der Waals surface area contributed by atoms with Gasteiger partial charge in [-0.05, 0) is 54.1 Å². The van der Waals surface area contributed by atoms with Crippen molar-refractivity contribution in [1.82, 2.24) is 14.7 Å². The highest BCUT2D eigenvalue weighted by atomic mass is 32.1. The third-order valence-electron chi connectivity index (χ3n) is 8.57. The number of oxime groups is 2. The van der Waals surface area contributed by atoms with Gasteiger partial charge in [-0.25, -0.2) is 9.59 Å². The fraction of sp³-hybridized carbons (Fsp3) is 0.300. The van der Waals surface area contributed by atoms with Crippen LogP contribution in [0.3, 0.4) is 0 Å². The number of fused-ring (bicyclic) bond motifs is 3. The molecule has 0 radical (unpaired) electrons. The molecule has 57 heavy (non-hydrogen) atoms. The van der Waals surface area contributed by atoms with Gasteiger partial charge < -0.3 is 23.9 Å². The summed E-state index contributed by atoms with van der Waals surface area (Å²) in [5.41, 5.74) is 3.44. The standard InChI is InChI=1S/C40H41N5O10S2/c1-8-43-35-15-13-29(33(41-52-25(4)48)21-37(39-11-9-17-56-39)44(23(2)46)54-27(6)50)19-31(35)32-20-30(14-16-36(32)43)34(42-53-26(5)49)22-38(40-12-10-18-57-40)45(24(3)47)55-28(7)51/h9-20,37-38H,8,21-22H2,1-7H3. The molecule has 0 saturated heterocycles. The summed E-state index contributed by atoms with van der Waals surface area (Å²) in [6, 6.07) is 16.9. The second kappa shape index (κ2) is 18.6. The Balaban J connectivity index is 1.67.